The Morgan fingerprint density at radius 2 is 2.05 bits per heavy atom. The van der Waals surface area contributed by atoms with E-state index >= 15 is 0 Å². The molecule has 20 heavy (non-hydrogen) atoms. The molecule has 0 saturated carbocycles. The van der Waals surface area contributed by atoms with E-state index in [4.69, 9.17) is 9.84 Å². The van der Waals surface area contributed by atoms with Crippen LogP contribution in [0.3, 0.4) is 0 Å². The fraction of sp³-hybridized carbons (Fsp3) is 0.462. The average molecular weight is 345 g/mol. The zero-order valence-corrected chi connectivity index (χ0v) is 13.4. The Morgan fingerprint density at radius 3 is 2.50 bits per heavy atom. The molecule has 0 spiro atoms. The molecule has 0 bridgehead atoms. The first-order chi connectivity index (χ1) is 9.10. The van der Waals surface area contributed by atoms with Gasteiger partial charge in [-0.25, -0.2) is 14.7 Å². The summed E-state index contributed by atoms with van der Waals surface area (Å²) in [6.07, 6.45) is 0.802. The summed E-state index contributed by atoms with van der Waals surface area (Å²) in [5.41, 5.74) is 0.172. The van der Waals surface area contributed by atoms with E-state index < -0.39 is 24.2 Å². The molecule has 0 aliphatic rings. The first-order valence-electron chi connectivity index (χ1n) is 5.94. The lowest BCUT2D eigenvalue weighted by molar-refractivity contribution is -0.135. The van der Waals surface area contributed by atoms with Gasteiger partial charge >= 0.3 is 12.1 Å². The van der Waals surface area contributed by atoms with Gasteiger partial charge in [-0.1, -0.05) is 0 Å². The topological polar surface area (TPSA) is 79.7 Å². The largest absolute Gasteiger partial charge is 0.480 e. The van der Waals surface area contributed by atoms with Crippen molar-refractivity contribution < 1.29 is 19.4 Å². The highest BCUT2D eigenvalue weighted by Gasteiger charge is 2.27. The van der Waals surface area contributed by atoms with Crippen LogP contribution in [0.4, 0.5) is 10.6 Å². The van der Waals surface area contributed by atoms with Gasteiger partial charge in [-0.3, -0.25) is 4.79 Å². The molecule has 6 nitrogen and oxygen atoms in total. The van der Waals surface area contributed by atoms with Crippen molar-refractivity contribution in [3.8, 4) is 0 Å². The third-order valence-electron chi connectivity index (χ3n) is 2.12. The molecule has 1 amide bonds. The number of aliphatic carboxylic acids is 1. The van der Waals surface area contributed by atoms with Crippen molar-refractivity contribution >= 4 is 33.8 Å². The molecule has 7 heteroatoms. The van der Waals surface area contributed by atoms with E-state index in [1.54, 1.807) is 33.0 Å². The number of aromatic nitrogens is 1. The van der Waals surface area contributed by atoms with E-state index in [1.165, 1.54) is 0 Å². The molecular weight excluding hydrogens is 328 g/mol. The van der Waals surface area contributed by atoms with E-state index in [9.17, 15) is 9.59 Å². The fourth-order valence-electron chi connectivity index (χ4n) is 1.40. The van der Waals surface area contributed by atoms with Gasteiger partial charge in [0.1, 0.15) is 12.1 Å². The van der Waals surface area contributed by atoms with Crippen molar-refractivity contribution in [2.24, 2.45) is 0 Å². The van der Waals surface area contributed by atoms with Crippen LogP contribution in [0.5, 0.6) is 0 Å². The standard InChI is InChI=1S/C13H17BrN2O4/c1-8-5-9(14)11(15-6-8)16(7-10(17)18)12(19)20-13(2,3)4/h5-6H,7H2,1-4H3,(H,17,18). The molecule has 0 fully saturated rings. The third-order valence-corrected chi connectivity index (χ3v) is 2.70. The Hall–Kier alpha value is -1.63. The van der Waals surface area contributed by atoms with Gasteiger partial charge in [0, 0.05) is 6.20 Å². The molecule has 0 aliphatic heterocycles. The van der Waals surface area contributed by atoms with Crippen molar-refractivity contribution in [2.45, 2.75) is 33.3 Å². The van der Waals surface area contributed by atoms with E-state index in [1.807, 2.05) is 6.92 Å². The van der Waals surface area contributed by atoms with Crippen LogP contribution < -0.4 is 4.90 Å². The Labute approximate surface area is 125 Å². The highest BCUT2D eigenvalue weighted by molar-refractivity contribution is 9.10. The molecule has 0 unspecified atom stereocenters. The predicted molar refractivity (Wildman–Crippen MR) is 77.9 cm³/mol. The summed E-state index contributed by atoms with van der Waals surface area (Å²) in [6.45, 7) is 6.45. The molecule has 0 saturated heterocycles. The van der Waals surface area contributed by atoms with Crippen molar-refractivity contribution in [3.63, 3.8) is 0 Å². The molecule has 1 heterocycles. The zero-order valence-electron chi connectivity index (χ0n) is 11.8. The van der Waals surface area contributed by atoms with Crippen LogP contribution >= 0.6 is 15.9 Å². The summed E-state index contributed by atoms with van der Waals surface area (Å²) in [7, 11) is 0. The number of ether oxygens (including phenoxy) is 1. The van der Waals surface area contributed by atoms with E-state index in [0.29, 0.717) is 4.47 Å². The summed E-state index contributed by atoms with van der Waals surface area (Å²) in [6, 6.07) is 1.75. The predicted octanol–water partition coefficient (Wildman–Crippen LogP) is 2.98. The van der Waals surface area contributed by atoms with Crippen molar-refractivity contribution in [1.82, 2.24) is 4.98 Å². The Bertz CT molecular complexity index is 526. The average Bonchev–Trinajstić information content (AvgIpc) is 2.23. The summed E-state index contributed by atoms with van der Waals surface area (Å²) in [5, 5.41) is 8.95. The minimum absolute atomic E-state index is 0.215. The molecule has 1 aromatic rings. The zero-order chi connectivity index (χ0) is 15.5. The number of nitrogens with zero attached hydrogens (tertiary/aromatic N) is 2. The Balaban J connectivity index is 3.12. The van der Waals surface area contributed by atoms with Crippen molar-refractivity contribution in [1.29, 1.82) is 0 Å². The lowest BCUT2D eigenvalue weighted by atomic mass is 10.2. The van der Waals surface area contributed by atoms with Gasteiger partial charge in [0.05, 0.1) is 4.47 Å². The number of amides is 1. The van der Waals surface area contributed by atoms with Gasteiger partial charge in [-0.2, -0.15) is 0 Å². The molecule has 1 aromatic heterocycles. The van der Waals surface area contributed by atoms with Crippen LogP contribution in [0.25, 0.3) is 0 Å². The number of hydrogen-bond donors (Lipinski definition) is 1. The first-order valence-corrected chi connectivity index (χ1v) is 6.74. The molecule has 110 valence electrons. The number of carboxylic acid groups (broad SMARTS) is 1. The van der Waals surface area contributed by atoms with Crippen LogP contribution in [0, 0.1) is 6.92 Å². The lowest BCUT2D eigenvalue weighted by Gasteiger charge is -2.26. The van der Waals surface area contributed by atoms with Crippen LogP contribution in [0.2, 0.25) is 0 Å². The van der Waals surface area contributed by atoms with Crippen molar-refractivity contribution in [3.05, 3.63) is 22.3 Å². The molecule has 1 rings (SSSR count). The SMILES string of the molecule is Cc1cnc(N(CC(=O)O)C(=O)OC(C)(C)C)c(Br)c1. The van der Waals surface area contributed by atoms with Gasteiger partial charge < -0.3 is 9.84 Å². The number of anilines is 1. The number of rotatable bonds is 3. The second-order valence-electron chi connectivity index (χ2n) is 5.28. The number of halogens is 1. The number of carboxylic acids is 1. The van der Waals surface area contributed by atoms with E-state index in [-0.39, 0.29) is 5.82 Å². The Morgan fingerprint density at radius 1 is 1.45 bits per heavy atom. The quantitative estimate of drug-likeness (QED) is 0.911. The lowest BCUT2D eigenvalue weighted by Crippen LogP contribution is -2.40. The second kappa shape index (κ2) is 6.21. The number of hydrogen-bond acceptors (Lipinski definition) is 4. The van der Waals surface area contributed by atoms with Crippen LogP contribution in [0.1, 0.15) is 26.3 Å². The highest BCUT2D eigenvalue weighted by atomic mass is 79.9. The highest BCUT2D eigenvalue weighted by Crippen LogP contribution is 2.26. The van der Waals surface area contributed by atoms with E-state index in [0.717, 1.165) is 10.5 Å². The van der Waals surface area contributed by atoms with Gasteiger partial charge in [0.15, 0.2) is 5.82 Å². The molecule has 0 radical (unpaired) electrons. The summed E-state index contributed by atoms with van der Waals surface area (Å²) < 4.78 is 5.74. The maximum absolute atomic E-state index is 12.1. The van der Waals surface area contributed by atoms with Gasteiger partial charge in [0.2, 0.25) is 0 Å². The maximum Gasteiger partial charge on any atom is 0.416 e. The normalized spacial score (nSPS) is 11.1. The van der Waals surface area contributed by atoms with Crippen molar-refractivity contribution in [2.75, 3.05) is 11.4 Å². The fourth-order valence-corrected chi connectivity index (χ4v) is 2.08. The van der Waals surface area contributed by atoms with E-state index in [2.05, 4.69) is 20.9 Å². The molecule has 1 N–H and O–H groups in total. The summed E-state index contributed by atoms with van der Waals surface area (Å²) in [5.74, 6) is -0.933. The smallest absolute Gasteiger partial charge is 0.416 e. The maximum atomic E-state index is 12.1. The second-order valence-corrected chi connectivity index (χ2v) is 6.13. The summed E-state index contributed by atoms with van der Waals surface area (Å²) in [4.78, 5) is 28.1. The monoisotopic (exact) mass is 344 g/mol. The van der Waals surface area contributed by atoms with Gasteiger partial charge in [0.25, 0.3) is 0 Å². The minimum atomic E-state index is -1.15. The molecule has 0 atom stereocenters. The number of carbonyl (C=O) groups is 2. The van der Waals surface area contributed by atoms with Gasteiger partial charge in [-0.05, 0) is 55.3 Å². The third kappa shape index (κ3) is 4.80. The minimum Gasteiger partial charge on any atom is -0.480 e. The number of pyridine rings is 1. The van der Waals surface area contributed by atoms with Crippen LogP contribution in [0.15, 0.2) is 16.7 Å². The summed E-state index contributed by atoms with van der Waals surface area (Å²) >= 11 is 3.28. The number of carbonyl (C=O) groups excluding carboxylic acids is 1. The molecule has 0 aliphatic carbocycles. The van der Waals surface area contributed by atoms with Crippen LogP contribution in [-0.4, -0.2) is 34.3 Å². The number of aryl methyl sites for hydroxylation is 1. The molecular formula is C13H17BrN2O4. The van der Waals surface area contributed by atoms with Crippen LogP contribution in [-0.2, 0) is 9.53 Å². The van der Waals surface area contributed by atoms with Gasteiger partial charge in [-0.15, -0.1) is 0 Å². The Kier molecular flexibility index (Phi) is 5.10. The molecule has 0 aromatic carbocycles. The first kappa shape index (κ1) is 16.4.